The van der Waals surface area contributed by atoms with Crippen molar-refractivity contribution < 1.29 is 4.74 Å². The van der Waals surface area contributed by atoms with Crippen molar-refractivity contribution in [3.63, 3.8) is 0 Å². The highest BCUT2D eigenvalue weighted by molar-refractivity contribution is 5.81. The number of aromatic nitrogens is 2. The second kappa shape index (κ2) is 9.13. The molecular weight excluding hydrogens is 348 g/mol. The van der Waals surface area contributed by atoms with Gasteiger partial charge < -0.3 is 15.4 Å². The number of methoxy groups -OCH3 is 1. The number of nitrogens with zero attached hydrogens (tertiary/aromatic N) is 2. The molecule has 2 atom stereocenters. The van der Waals surface area contributed by atoms with Crippen LogP contribution < -0.4 is 10.6 Å². The number of hydrogen-bond donors (Lipinski definition) is 2. The van der Waals surface area contributed by atoms with Crippen molar-refractivity contribution in [3.8, 4) is 0 Å². The molecule has 1 aromatic carbocycles. The van der Waals surface area contributed by atoms with Crippen LogP contribution in [0.3, 0.4) is 0 Å². The second-order valence-corrected chi connectivity index (χ2v) is 7.56. The van der Waals surface area contributed by atoms with Crippen molar-refractivity contribution >= 4 is 16.7 Å². The van der Waals surface area contributed by atoms with Crippen LogP contribution in [0.1, 0.15) is 36.9 Å². The molecule has 0 radical (unpaired) electrons. The van der Waals surface area contributed by atoms with Crippen LogP contribution in [0.2, 0.25) is 0 Å². The molecule has 2 heterocycles. The van der Waals surface area contributed by atoms with E-state index in [0.717, 1.165) is 35.4 Å². The molecule has 1 fully saturated rings. The van der Waals surface area contributed by atoms with Crippen LogP contribution in [-0.2, 0) is 17.9 Å². The molecule has 2 unspecified atom stereocenters. The number of anilines is 1. The molecule has 2 aromatic heterocycles. The molecule has 28 heavy (non-hydrogen) atoms. The minimum Gasteiger partial charge on any atom is -0.380 e. The summed E-state index contributed by atoms with van der Waals surface area (Å²) in [6.07, 6.45) is 6.60. The van der Waals surface area contributed by atoms with E-state index in [1.54, 1.807) is 7.11 Å². The summed E-state index contributed by atoms with van der Waals surface area (Å²) >= 11 is 0. The summed E-state index contributed by atoms with van der Waals surface area (Å²) in [5.74, 6) is 0.961. The van der Waals surface area contributed by atoms with Crippen molar-refractivity contribution in [2.75, 3.05) is 12.4 Å². The van der Waals surface area contributed by atoms with Gasteiger partial charge in [-0.1, -0.05) is 12.1 Å². The third-order valence-electron chi connectivity index (χ3n) is 5.39. The number of hydrogen-bond acceptors (Lipinski definition) is 5. The third-order valence-corrected chi connectivity index (χ3v) is 5.39. The van der Waals surface area contributed by atoms with Crippen molar-refractivity contribution in [3.05, 3.63) is 66.0 Å². The standard InChI is InChI=1S/C23H28N4O/c1-28-16-17-8-10-22-18(13-17)9-11-23(27-22)26-20-7-4-6-19(14-20)25-15-21-5-2-3-12-24-21/h2-3,5,8-13,19-20,25H,4,6-7,14-16H2,1H3,(H,26,27). The topological polar surface area (TPSA) is 59.1 Å². The molecule has 146 valence electrons. The van der Waals surface area contributed by atoms with Gasteiger partial charge in [0.2, 0.25) is 0 Å². The van der Waals surface area contributed by atoms with Gasteiger partial charge in [0.05, 0.1) is 17.8 Å². The van der Waals surface area contributed by atoms with Gasteiger partial charge >= 0.3 is 0 Å². The fourth-order valence-corrected chi connectivity index (χ4v) is 3.98. The summed E-state index contributed by atoms with van der Waals surface area (Å²) in [5.41, 5.74) is 3.29. The maximum absolute atomic E-state index is 5.22. The quantitative estimate of drug-likeness (QED) is 0.644. The summed E-state index contributed by atoms with van der Waals surface area (Å²) in [7, 11) is 1.72. The van der Waals surface area contributed by atoms with Crippen LogP contribution in [0.15, 0.2) is 54.7 Å². The molecule has 0 spiro atoms. The lowest BCUT2D eigenvalue weighted by Gasteiger charge is -2.30. The predicted molar refractivity (Wildman–Crippen MR) is 113 cm³/mol. The van der Waals surface area contributed by atoms with Crippen LogP contribution in [0, 0.1) is 0 Å². The van der Waals surface area contributed by atoms with Gasteiger partial charge in [0.1, 0.15) is 5.82 Å². The fourth-order valence-electron chi connectivity index (χ4n) is 3.98. The lowest BCUT2D eigenvalue weighted by molar-refractivity contribution is 0.185. The average Bonchev–Trinajstić information content (AvgIpc) is 2.74. The van der Waals surface area contributed by atoms with Crippen LogP contribution in [0.25, 0.3) is 10.9 Å². The van der Waals surface area contributed by atoms with Crippen molar-refractivity contribution in [1.82, 2.24) is 15.3 Å². The molecule has 1 saturated carbocycles. The summed E-state index contributed by atoms with van der Waals surface area (Å²) in [6.45, 7) is 1.46. The fraction of sp³-hybridized carbons (Fsp3) is 0.391. The van der Waals surface area contributed by atoms with E-state index in [1.807, 2.05) is 18.3 Å². The van der Waals surface area contributed by atoms with Crippen molar-refractivity contribution in [1.29, 1.82) is 0 Å². The lowest BCUT2D eigenvalue weighted by Crippen LogP contribution is -2.38. The summed E-state index contributed by atoms with van der Waals surface area (Å²) in [6, 6.07) is 17.6. The van der Waals surface area contributed by atoms with Gasteiger partial charge in [-0.05, 0) is 67.6 Å². The minimum absolute atomic E-state index is 0.452. The molecule has 0 amide bonds. The largest absolute Gasteiger partial charge is 0.380 e. The van der Waals surface area contributed by atoms with E-state index in [-0.39, 0.29) is 0 Å². The Morgan fingerprint density at radius 1 is 1.07 bits per heavy atom. The maximum Gasteiger partial charge on any atom is 0.126 e. The molecule has 5 heteroatoms. The highest BCUT2D eigenvalue weighted by Crippen LogP contribution is 2.23. The molecule has 2 N–H and O–H groups in total. The first kappa shape index (κ1) is 18.8. The minimum atomic E-state index is 0.452. The van der Waals surface area contributed by atoms with Gasteiger partial charge in [0, 0.05) is 37.3 Å². The van der Waals surface area contributed by atoms with Gasteiger partial charge in [-0.3, -0.25) is 4.98 Å². The summed E-state index contributed by atoms with van der Waals surface area (Å²) < 4.78 is 5.22. The normalized spacial score (nSPS) is 19.6. The Hall–Kier alpha value is -2.50. The Labute approximate surface area is 166 Å². The Bertz CT molecular complexity index is 900. The van der Waals surface area contributed by atoms with Crippen molar-refractivity contribution in [2.45, 2.75) is 50.9 Å². The van der Waals surface area contributed by atoms with E-state index in [0.29, 0.717) is 18.7 Å². The number of rotatable bonds is 7. The zero-order chi connectivity index (χ0) is 19.2. The molecule has 1 aliphatic carbocycles. The van der Waals surface area contributed by atoms with E-state index in [9.17, 15) is 0 Å². The summed E-state index contributed by atoms with van der Waals surface area (Å²) in [4.78, 5) is 9.21. The van der Waals surface area contributed by atoms with Gasteiger partial charge in [-0.25, -0.2) is 4.98 Å². The number of pyridine rings is 2. The smallest absolute Gasteiger partial charge is 0.126 e. The highest BCUT2D eigenvalue weighted by Gasteiger charge is 2.22. The molecule has 0 bridgehead atoms. The summed E-state index contributed by atoms with van der Waals surface area (Å²) in [5, 5.41) is 8.47. The Kier molecular flexibility index (Phi) is 6.14. The maximum atomic E-state index is 5.22. The Balaban J connectivity index is 1.36. The molecule has 4 rings (SSSR count). The van der Waals surface area contributed by atoms with Gasteiger partial charge in [-0.15, -0.1) is 0 Å². The molecule has 1 aliphatic rings. The zero-order valence-corrected chi connectivity index (χ0v) is 16.4. The molecule has 5 nitrogen and oxygen atoms in total. The molecule has 3 aromatic rings. The second-order valence-electron chi connectivity index (χ2n) is 7.56. The van der Waals surface area contributed by atoms with Crippen molar-refractivity contribution in [2.24, 2.45) is 0 Å². The van der Waals surface area contributed by atoms with Crippen LogP contribution >= 0.6 is 0 Å². The van der Waals surface area contributed by atoms with E-state index in [4.69, 9.17) is 9.72 Å². The molecule has 0 aliphatic heterocycles. The third kappa shape index (κ3) is 4.86. The van der Waals surface area contributed by atoms with Gasteiger partial charge in [0.15, 0.2) is 0 Å². The first-order valence-corrected chi connectivity index (χ1v) is 10.1. The van der Waals surface area contributed by atoms with Crippen LogP contribution in [-0.4, -0.2) is 29.2 Å². The Morgan fingerprint density at radius 3 is 2.86 bits per heavy atom. The number of benzene rings is 1. The number of fused-ring (bicyclic) bond motifs is 1. The molecular formula is C23H28N4O. The SMILES string of the molecule is COCc1ccc2nc(NC3CCCC(NCc4ccccn4)C3)ccc2c1. The monoisotopic (exact) mass is 376 g/mol. The predicted octanol–water partition coefficient (Wildman–Crippen LogP) is 4.29. The zero-order valence-electron chi connectivity index (χ0n) is 16.4. The van der Waals surface area contributed by atoms with E-state index < -0.39 is 0 Å². The number of nitrogens with one attached hydrogen (secondary N) is 2. The van der Waals surface area contributed by atoms with E-state index in [1.165, 1.54) is 24.8 Å². The van der Waals surface area contributed by atoms with Gasteiger partial charge in [-0.2, -0.15) is 0 Å². The van der Waals surface area contributed by atoms with Crippen LogP contribution in [0.4, 0.5) is 5.82 Å². The van der Waals surface area contributed by atoms with E-state index in [2.05, 4.69) is 52.0 Å². The van der Waals surface area contributed by atoms with E-state index >= 15 is 0 Å². The first-order chi connectivity index (χ1) is 13.8. The first-order valence-electron chi connectivity index (χ1n) is 10.1. The van der Waals surface area contributed by atoms with Crippen LogP contribution in [0.5, 0.6) is 0 Å². The number of ether oxygens (including phenoxy) is 1. The average molecular weight is 377 g/mol. The van der Waals surface area contributed by atoms with Gasteiger partial charge in [0.25, 0.3) is 0 Å². The molecule has 0 saturated heterocycles. The Morgan fingerprint density at radius 2 is 2.00 bits per heavy atom. The highest BCUT2D eigenvalue weighted by atomic mass is 16.5. The lowest BCUT2D eigenvalue weighted by atomic mass is 9.91.